The molecule has 0 fully saturated rings. The average molecular weight is 324 g/mol. The van der Waals surface area contributed by atoms with Crippen LogP contribution in [0.2, 0.25) is 0 Å². The second kappa shape index (κ2) is 5.40. The minimum atomic E-state index is -0.384. The summed E-state index contributed by atoms with van der Waals surface area (Å²) in [5.41, 5.74) is 1.52. The highest BCUT2D eigenvalue weighted by Gasteiger charge is 2.10. The number of benzene rings is 2. The summed E-state index contributed by atoms with van der Waals surface area (Å²) in [6, 6.07) is 8.59. The maximum absolute atomic E-state index is 12.9. The number of carbonyl (C=O) groups is 1. The molecule has 0 unspecified atom stereocenters. The molecule has 0 radical (unpaired) electrons. The molecule has 1 amide bonds. The first-order valence-corrected chi connectivity index (χ1v) is 6.32. The maximum atomic E-state index is 12.9. The number of anilines is 1. The van der Waals surface area contributed by atoms with Crippen molar-refractivity contribution in [3.63, 3.8) is 0 Å². The largest absolute Gasteiger partial charge is 0.508 e. The number of hydrogen-bond donors (Lipinski definition) is 2. The number of phenolic OH excluding ortho intramolecular Hbond substituents is 1. The Labute approximate surface area is 118 Å². The highest BCUT2D eigenvalue weighted by atomic mass is 79.9. The lowest BCUT2D eigenvalue weighted by molar-refractivity contribution is 0.102. The molecule has 0 saturated heterocycles. The molecule has 2 aromatic rings. The van der Waals surface area contributed by atoms with Gasteiger partial charge < -0.3 is 10.4 Å². The van der Waals surface area contributed by atoms with Crippen molar-refractivity contribution in [3.05, 3.63) is 57.8 Å². The first-order chi connectivity index (χ1) is 8.97. The standard InChI is InChI=1S/C14H11BrFNO2/c1-8-6-9(2-5-13(8)18)14(19)17-12-4-3-10(16)7-11(12)15/h2-7,18H,1H3,(H,17,19). The Kier molecular flexibility index (Phi) is 3.85. The molecule has 0 atom stereocenters. The van der Waals surface area contributed by atoms with Gasteiger partial charge in [0.25, 0.3) is 5.91 Å². The Morgan fingerprint density at radius 3 is 2.63 bits per heavy atom. The van der Waals surface area contributed by atoms with E-state index in [9.17, 15) is 14.3 Å². The van der Waals surface area contributed by atoms with Gasteiger partial charge in [-0.25, -0.2) is 4.39 Å². The molecule has 19 heavy (non-hydrogen) atoms. The molecule has 0 heterocycles. The summed E-state index contributed by atoms with van der Waals surface area (Å²) in [5, 5.41) is 12.1. The van der Waals surface area contributed by atoms with E-state index in [1.54, 1.807) is 13.0 Å². The molecule has 0 bridgehead atoms. The fourth-order valence-corrected chi connectivity index (χ4v) is 2.03. The van der Waals surface area contributed by atoms with Crippen LogP contribution in [0.25, 0.3) is 0 Å². The molecule has 98 valence electrons. The molecule has 0 aliphatic carbocycles. The van der Waals surface area contributed by atoms with Crippen LogP contribution < -0.4 is 5.32 Å². The normalized spacial score (nSPS) is 10.3. The van der Waals surface area contributed by atoms with E-state index in [0.717, 1.165) is 0 Å². The number of aryl methyl sites for hydroxylation is 1. The number of amides is 1. The van der Waals surface area contributed by atoms with E-state index in [4.69, 9.17) is 0 Å². The smallest absolute Gasteiger partial charge is 0.255 e. The molecule has 3 nitrogen and oxygen atoms in total. The number of carbonyl (C=O) groups excluding carboxylic acids is 1. The molecule has 5 heteroatoms. The lowest BCUT2D eigenvalue weighted by Gasteiger charge is -2.08. The molecule has 2 aromatic carbocycles. The summed E-state index contributed by atoms with van der Waals surface area (Å²) in [7, 11) is 0. The number of phenols is 1. The molecular formula is C14H11BrFNO2. The van der Waals surface area contributed by atoms with Crippen molar-refractivity contribution in [2.75, 3.05) is 5.32 Å². The van der Waals surface area contributed by atoms with E-state index >= 15 is 0 Å². The van der Waals surface area contributed by atoms with E-state index in [0.29, 0.717) is 21.3 Å². The Balaban J connectivity index is 2.23. The molecular weight excluding hydrogens is 313 g/mol. The van der Waals surface area contributed by atoms with Gasteiger partial charge in [0.15, 0.2) is 0 Å². The zero-order valence-electron chi connectivity index (χ0n) is 10.1. The van der Waals surface area contributed by atoms with Crippen LogP contribution in [0, 0.1) is 12.7 Å². The van der Waals surface area contributed by atoms with Gasteiger partial charge in [0, 0.05) is 10.0 Å². The molecule has 0 aromatic heterocycles. The third kappa shape index (κ3) is 3.12. The van der Waals surface area contributed by atoms with Gasteiger partial charge in [-0.15, -0.1) is 0 Å². The van der Waals surface area contributed by atoms with Crippen molar-refractivity contribution in [1.82, 2.24) is 0 Å². The van der Waals surface area contributed by atoms with Gasteiger partial charge in [0.2, 0.25) is 0 Å². The lowest BCUT2D eigenvalue weighted by atomic mass is 10.1. The predicted octanol–water partition coefficient (Wildman–Crippen LogP) is 3.85. The number of nitrogens with one attached hydrogen (secondary N) is 1. The van der Waals surface area contributed by atoms with E-state index in [-0.39, 0.29) is 17.5 Å². The molecule has 2 rings (SSSR count). The molecule has 0 aliphatic rings. The zero-order valence-corrected chi connectivity index (χ0v) is 11.7. The molecule has 0 aliphatic heterocycles. The lowest BCUT2D eigenvalue weighted by Crippen LogP contribution is -2.12. The van der Waals surface area contributed by atoms with Crippen LogP contribution in [0.5, 0.6) is 5.75 Å². The van der Waals surface area contributed by atoms with Crippen LogP contribution in [0.1, 0.15) is 15.9 Å². The number of rotatable bonds is 2. The minimum absolute atomic E-state index is 0.138. The van der Waals surface area contributed by atoms with Crippen molar-refractivity contribution in [2.24, 2.45) is 0 Å². The SMILES string of the molecule is Cc1cc(C(=O)Nc2ccc(F)cc2Br)ccc1O. The monoisotopic (exact) mass is 323 g/mol. The quantitative estimate of drug-likeness (QED) is 0.881. The van der Waals surface area contributed by atoms with Crippen molar-refractivity contribution >= 4 is 27.5 Å². The van der Waals surface area contributed by atoms with Crippen molar-refractivity contribution in [1.29, 1.82) is 0 Å². The van der Waals surface area contributed by atoms with Crippen LogP contribution in [0.15, 0.2) is 40.9 Å². The van der Waals surface area contributed by atoms with Gasteiger partial charge in [0.05, 0.1) is 5.69 Å². The maximum Gasteiger partial charge on any atom is 0.255 e. The Morgan fingerprint density at radius 2 is 2.00 bits per heavy atom. The summed E-state index contributed by atoms with van der Waals surface area (Å²) in [6.07, 6.45) is 0. The number of halogens is 2. The minimum Gasteiger partial charge on any atom is -0.508 e. The van der Waals surface area contributed by atoms with E-state index in [1.165, 1.54) is 30.3 Å². The summed E-state index contributed by atoms with van der Waals surface area (Å²) in [4.78, 5) is 12.0. The van der Waals surface area contributed by atoms with Crippen molar-refractivity contribution in [2.45, 2.75) is 6.92 Å². The van der Waals surface area contributed by atoms with Gasteiger partial charge in [-0.05, 0) is 64.8 Å². The summed E-state index contributed by atoms with van der Waals surface area (Å²) >= 11 is 3.18. The van der Waals surface area contributed by atoms with Gasteiger partial charge in [-0.3, -0.25) is 4.79 Å². The zero-order chi connectivity index (χ0) is 14.0. The number of hydrogen-bond acceptors (Lipinski definition) is 2. The first-order valence-electron chi connectivity index (χ1n) is 5.53. The third-order valence-electron chi connectivity index (χ3n) is 2.64. The van der Waals surface area contributed by atoms with E-state index < -0.39 is 0 Å². The summed E-state index contributed by atoms with van der Waals surface area (Å²) in [6.45, 7) is 1.71. The van der Waals surface area contributed by atoms with Gasteiger partial charge in [-0.2, -0.15) is 0 Å². The Morgan fingerprint density at radius 1 is 1.26 bits per heavy atom. The topological polar surface area (TPSA) is 49.3 Å². The Bertz CT molecular complexity index is 643. The van der Waals surface area contributed by atoms with Crippen LogP contribution in [0.4, 0.5) is 10.1 Å². The second-order valence-corrected chi connectivity index (χ2v) is 4.93. The van der Waals surface area contributed by atoms with Crippen LogP contribution in [-0.4, -0.2) is 11.0 Å². The Hall–Kier alpha value is -1.88. The highest BCUT2D eigenvalue weighted by Crippen LogP contribution is 2.24. The highest BCUT2D eigenvalue weighted by molar-refractivity contribution is 9.10. The fraction of sp³-hybridized carbons (Fsp3) is 0.0714. The van der Waals surface area contributed by atoms with Crippen LogP contribution >= 0.6 is 15.9 Å². The fourth-order valence-electron chi connectivity index (χ4n) is 1.58. The molecule has 0 spiro atoms. The number of aromatic hydroxyl groups is 1. The second-order valence-electron chi connectivity index (χ2n) is 4.08. The van der Waals surface area contributed by atoms with Gasteiger partial charge in [-0.1, -0.05) is 0 Å². The van der Waals surface area contributed by atoms with Crippen molar-refractivity contribution < 1.29 is 14.3 Å². The average Bonchev–Trinajstić information content (AvgIpc) is 2.36. The van der Waals surface area contributed by atoms with Crippen molar-refractivity contribution in [3.8, 4) is 5.75 Å². The summed E-state index contributed by atoms with van der Waals surface area (Å²) < 4.78 is 13.4. The third-order valence-corrected chi connectivity index (χ3v) is 3.29. The van der Waals surface area contributed by atoms with Gasteiger partial charge >= 0.3 is 0 Å². The van der Waals surface area contributed by atoms with E-state index in [2.05, 4.69) is 21.2 Å². The molecule has 2 N–H and O–H groups in total. The first kappa shape index (κ1) is 13.5. The molecule has 0 saturated carbocycles. The van der Waals surface area contributed by atoms with Crippen LogP contribution in [0.3, 0.4) is 0 Å². The van der Waals surface area contributed by atoms with Crippen LogP contribution in [-0.2, 0) is 0 Å². The van der Waals surface area contributed by atoms with E-state index in [1.807, 2.05) is 0 Å². The predicted molar refractivity (Wildman–Crippen MR) is 74.9 cm³/mol. The van der Waals surface area contributed by atoms with Gasteiger partial charge in [0.1, 0.15) is 11.6 Å². The summed E-state index contributed by atoms with van der Waals surface area (Å²) in [5.74, 6) is -0.569.